The zero-order valence-corrected chi connectivity index (χ0v) is 12.6. The Bertz CT molecular complexity index is 489. The van der Waals surface area contributed by atoms with Crippen LogP contribution in [0.2, 0.25) is 0 Å². The van der Waals surface area contributed by atoms with E-state index in [2.05, 4.69) is 10.6 Å². The summed E-state index contributed by atoms with van der Waals surface area (Å²) in [6, 6.07) is 9.07. The molecule has 1 aromatic rings. The smallest absolute Gasteiger partial charge is 0.408 e. The highest BCUT2D eigenvalue weighted by Gasteiger charge is 2.28. The molecule has 2 rings (SSSR count). The fourth-order valence-electron chi connectivity index (χ4n) is 2.03. The molecule has 6 nitrogen and oxygen atoms in total. The summed E-state index contributed by atoms with van der Waals surface area (Å²) in [7, 11) is 0. The average molecular weight is 305 g/mol. The molecule has 0 bridgehead atoms. The van der Waals surface area contributed by atoms with Crippen LogP contribution in [-0.2, 0) is 16.1 Å². The van der Waals surface area contributed by atoms with E-state index < -0.39 is 12.1 Å². The third-order valence-corrected chi connectivity index (χ3v) is 3.44. The Hall–Kier alpha value is -2.08. The molecule has 1 aliphatic rings. The van der Waals surface area contributed by atoms with Gasteiger partial charge in [-0.3, -0.25) is 4.79 Å². The van der Waals surface area contributed by atoms with Gasteiger partial charge < -0.3 is 21.1 Å². The van der Waals surface area contributed by atoms with Gasteiger partial charge in [0.25, 0.3) is 0 Å². The Morgan fingerprint density at radius 2 is 2.00 bits per heavy atom. The lowest BCUT2D eigenvalue weighted by Gasteiger charge is -2.18. The minimum Gasteiger partial charge on any atom is -0.445 e. The number of nitrogens with two attached hydrogens (primary N) is 1. The molecule has 120 valence electrons. The van der Waals surface area contributed by atoms with Crippen molar-refractivity contribution in [1.29, 1.82) is 0 Å². The van der Waals surface area contributed by atoms with Crippen LogP contribution in [0.1, 0.15) is 31.2 Å². The van der Waals surface area contributed by atoms with Crippen molar-refractivity contribution in [2.45, 2.75) is 44.4 Å². The first-order chi connectivity index (χ1) is 10.7. The second-order valence-electron chi connectivity index (χ2n) is 5.47. The van der Waals surface area contributed by atoms with E-state index in [1.165, 1.54) is 0 Å². The zero-order chi connectivity index (χ0) is 15.8. The monoisotopic (exact) mass is 305 g/mol. The van der Waals surface area contributed by atoms with E-state index in [-0.39, 0.29) is 18.6 Å². The molecule has 1 aromatic carbocycles. The fourth-order valence-corrected chi connectivity index (χ4v) is 2.03. The summed E-state index contributed by atoms with van der Waals surface area (Å²) in [4.78, 5) is 23.9. The highest BCUT2D eigenvalue weighted by molar-refractivity contribution is 5.86. The van der Waals surface area contributed by atoms with Gasteiger partial charge in [0.1, 0.15) is 12.6 Å². The fraction of sp³-hybridized carbons (Fsp3) is 0.500. The van der Waals surface area contributed by atoms with E-state index in [4.69, 9.17) is 10.5 Å². The minimum atomic E-state index is -0.590. The Morgan fingerprint density at radius 1 is 1.27 bits per heavy atom. The van der Waals surface area contributed by atoms with Gasteiger partial charge in [-0.2, -0.15) is 0 Å². The molecule has 1 saturated carbocycles. The number of nitrogens with one attached hydrogen (secondary N) is 2. The molecule has 0 spiro atoms. The molecule has 0 aromatic heterocycles. The lowest BCUT2D eigenvalue weighted by atomic mass is 10.1. The second-order valence-corrected chi connectivity index (χ2v) is 5.47. The standard InChI is InChI=1S/C16H23N3O3/c17-10-4-7-14(15(20)18-13-8-9-13)19-16(21)22-11-12-5-2-1-3-6-12/h1-3,5-6,13-14H,4,7-11,17H2,(H,18,20)(H,19,21)/t14-/m0/s1. The average Bonchev–Trinajstić information content (AvgIpc) is 3.34. The summed E-state index contributed by atoms with van der Waals surface area (Å²) in [5.74, 6) is -0.160. The number of carbonyl (C=O) groups excluding carboxylic acids is 2. The molecule has 6 heteroatoms. The molecule has 4 N–H and O–H groups in total. The van der Waals surface area contributed by atoms with E-state index in [0.29, 0.717) is 19.4 Å². The molecule has 0 unspecified atom stereocenters. The van der Waals surface area contributed by atoms with E-state index in [0.717, 1.165) is 18.4 Å². The van der Waals surface area contributed by atoms with E-state index >= 15 is 0 Å². The van der Waals surface area contributed by atoms with Crippen LogP contribution in [0.4, 0.5) is 4.79 Å². The molecule has 1 aliphatic carbocycles. The number of benzene rings is 1. The van der Waals surface area contributed by atoms with Crippen molar-refractivity contribution in [3.63, 3.8) is 0 Å². The Balaban J connectivity index is 1.79. The summed E-state index contributed by atoms with van der Waals surface area (Å²) >= 11 is 0. The molecular weight excluding hydrogens is 282 g/mol. The maximum absolute atomic E-state index is 12.1. The first-order valence-electron chi connectivity index (χ1n) is 7.66. The number of ether oxygens (including phenoxy) is 1. The van der Waals surface area contributed by atoms with Crippen LogP contribution in [-0.4, -0.2) is 30.6 Å². The first-order valence-corrected chi connectivity index (χ1v) is 7.66. The Morgan fingerprint density at radius 3 is 2.64 bits per heavy atom. The van der Waals surface area contributed by atoms with Gasteiger partial charge in [-0.1, -0.05) is 30.3 Å². The summed E-state index contributed by atoms with van der Waals surface area (Å²) in [6.07, 6.45) is 2.61. The highest BCUT2D eigenvalue weighted by Crippen LogP contribution is 2.19. The van der Waals surface area contributed by atoms with E-state index in [1.54, 1.807) is 0 Å². The first kappa shape index (κ1) is 16.3. The maximum Gasteiger partial charge on any atom is 0.408 e. The van der Waals surface area contributed by atoms with Crippen molar-refractivity contribution in [2.75, 3.05) is 6.54 Å². The molecule has 1 atom stereocenters. The molecule has 1 fully saturated rings. The van der Waals surface area contributed by atoms with Crippen molar-refractivity contribution in [2.24, 2.45) is 5.73 Å². The molecule has 0 radical (unpaired) electrons. The predicted molar refractivity (Wildman–Crippen MR) is 83.0 cm³/mol. The highest BCUT2D eigenvalue weighted by atomic mass is 16.5. The van der Waals surface area contributed by atoms with Crippen LogP contribution in [0, 0.1) is 0 Å². The lowest BCUT2D eigenvalue weighted by Crippen LogP contribution is -2.47. The molecule has 2 amide bonds. The Kier molecular flexibility index (Phi) is 6.21. The second kappa shape index (κ2) is 8.38. The third-order valence-electron chi connectivity index (χ3n) is 3.44. The Labute approximate surface area is 130 Å². The van der Waals surface area contributed by atoms with Crippen molar-refractivity contribution in [3.05, 3.63) is 35.9 Å². The minimum absolute atomic E-state index is 0.160. The van der Waals surface area contributed by atoms with Crippen molar-refractivity contribution in [3.8, 4) is 0 Å². The predicted octanol–water partition coefficient (Wildman–Crippen LogP) is 1.30. The van der Waals surface area contributed by atoms with Crippen molar-refractivity contribution in [1.82, 2.24) is 10.6 Å². The maximum atomic E-state index is 12.1. The molecule has 0 aliphatic heterocycles. The molecule has 22 heavy (non-hydrogen) atoms. The number of carbonyl (C=O) groups is 2. The SMILES string of the molecule is NCCC[C@H](NC(=O)OCc1ccccc1)C(=O)NC1CC1. The van der Waals surface area contributed by atoms with Crippen LogP contribution >= 0.6 is 0 Å². The topological polar surface area (TPSA) is 93.4 Å². The summed E-state index contributed by atoms with van der Waals surface area (Å²) in [5.41, 5.74) is 6.38. The normalized spacial score (nSPS) is 15.0. The number of amides is 2. The van der Waals surface area contributed by atoms with E-state index in [1.807, 2.05) is 30.3 Å². The van der Waals surface area contributed by atoms with Gasteiger partial charge in [-0.25, -0.2) is 4.79 Å². The van der Waals surface area contributed by atoms with Crippen molar-refractivity contribution < 1.29 is 14.3 Å². The number of rotatable bonds is 8. The van der Waals surface area contributed by atoms with Gasteiger partial charge >= 0.3 is 6.09 Å². The number of alkyl carbamates (subject to hydrolysis) is 1. The summed E-state index contributed by atoms with van der Waals surface area (Å²) < 4.78 is 5.15. The molecule has 0 heterocycles. The summed E-state index contributed by atoms with van der Waals surface area (Å²) in [6.45, 7) is 0.661. The lowest BCUT2D eigenvalue weighted by molar-refractivity contribution is -0.123. The van der Waals surface area contributed by atoms with E-state index in [9.17, 15) is 9.59 Å². The van der Waals surface area contributed by atoms with Gasteiger partial charge in [0, 0.05) is 6.04 Å². The quantitative estimate of drug-likeness (QED) is 0.675. The van der Waals surface area contributed by atoms with Gasteiger partial charge in [0.15, 0.2) is 0 Å². The molecule has 0 saturated heterocycles. The van der Waals surface area contributed by atoms with Gasteiger partial charge in [-0.05, 0) is 37.8 Å². The van der Waals surface area contributed by atoms with Gasteiger partial charge in [0.05, 0.1) is 0 Å². The van der Waals surface area contributed by atoms with Crippen LogP contribution in [0.3, 0.4) is 0 Å². The van der Waals surface area contributed by atoms with Crippen LogP contribution in [0.25, 0.3) is 0 Å². The third kappa shape index (κ3) is 5.73. The van der Waals surface area contributed by atoms with Crippen molar-refractivity contribution >= 4 is 12.0 Å². The van der Waals surface area contributed by atoms with Crippen LogP contribution in [0.15, 0.2) is 30.3 Å². The summed E-state index contributed by atoms with van der Waals surface area (Å²) in [5, 5.41) is 5.52. The largest absolute Gasteiger partial charge is 0.445 e. The number of hydrogen-bond acceptors (Lipinski definition) is 4. The van der Waals surface area contributed by atoms with Crippen LogP contribution in [0.5, 0.6) is 0 Å². The van der Waals surface area contributed by atoms with Gasteiger partial charge in [-0.15, -0.1) is 0 Å². The van der Waals surface area contributed by atoms with Crippen LogP contribution < -0.4 is 16.4 Å². The number of hydrogen-bond donors (Lipinski definition) is 3. The zero-order valence-electron chi connectivity index (χ0n) is 12.6. The molecular formula is C16H23N3O3. The van der Waals surface area contributed by atoms with Gasteiger partial charge in [0.2, 0.25) is 5.91 Å².